The van der Waals surface area contributed by atoms with Crippen LogP contribution in [0.4, 0.5) is 5.69 Å². The fraction of sp³-hybridized carbons (Fsp3) is 0.350. The van der Waals surface area contributed by atoms with Gasteiger partial charge in [-0.1, -0.05) is 18.2 Å². The predicted molar refractivity (Wildman–Crippen MR) is 98.3 cm³/mol. The Bertz CT molecular complexity index is 774. The molecule has 25 heavy (non-hydrogen) atoms. The van der Waals surface area contributed by atoms with Gasteiger partial charge in [0.1, 0.15) is 0 Å². The summed E-state index contributed by atoms with van der Waals surface area (Å²) in [6, 6.07) is 11.9. The van der Waals surface area contributed by atoms with Gasteiger partial charge >= 0.3 is 0 Å². The monoisotopic (exact) mass is 340 g/mol. The zero-order valence-electron chi connectivity index (χ0n) is 15.0. The van der Waals surface area contributed by atoms with Crippen LogP contribution in [-0.4, -0.2) is 38.1 Å². The second-order valence-electron chi connectivity index (χ2n) is 6.30. The summed E-state index contributed by atoms with van der Waals surface area (Å²) >= 11 is 0. The molecule has 0 atom stereocenters. The first kappa shape index (κ1) is 17.3. The van der Waals surface area contributed by atoms with E-state index >= 15 is 0 Å². The van der Waals surface area contributed by atoms with Gasteiger partial charge in [0, 0.05) is 18.8 Å². The molecule has 0 aromatic heterocycles. The van der Waals surface area contributed by atoms with Gasteiger partial charge in [-0.05, 0) is 48.2 Å². The number of amides is 1. The van der Waals surface area contributed by atoms with Crippen molar-refractivity contribution in [2.45, 2.75) is 19.9 Å². The maximum Gasteiger partial charge on any atom is 0.238 e. The van der Waals surface area contributed by atoms with Crippen LogP contribution in [0.5, 0.6) is 11.5 Å². The molecule has 1 heterocycles. The molecule has 0 aliphatic carbocycles. The number of benzene rings is 2. The number of para-hydroxylation sites is 1. The Balaban J connectivity index is 1.66. The topological polar surface area (TPSA) is 50.8 Å². The van der Waals surface area contributed by atoms with Crippen molar-refractivity contribution in [3.05, 3.63) is 53.1 Å². The van der Waals surface area contributed by atoms with Gasteiger partial charge in [-0.2, -0.15) is 0 Å². The number of anilines is 1. The molecule has 0 radical (unpaired) electrons. The van der Waals surface area contributed by atoms with Gasteiger partial charge in [-0.25, -0.2) is 0 Å². The molecule has 5 heteroatoms. The Kier molecular flexibility index (Phi) is 5.24. The normalized spacial score (nSPS) is 13.9. The molecule has 3 rings (SSSR count). The summed E-state index contributed by atoms with van der Waals surface area (Å²) in [5.74, 6) is 1.50. The lowest BCUT2D eigenvalue weighted by Gasteiger charge is -2.29. The van der Waals surface area contributed by atoms with Crippen molar-refractivity contribution >= 4 is 11.6 Å². The van der Waals surface area contributed by atoms with E-state index in [1.54, 1.807) is 14.2 Å². The van der Waals surface area contributed by atoms with Crippen LogP contribution in [0, 0.1) is 6.92 Å². The molecule has 0 fully saturated rings. The minimum atomic E-state index is 0.0122. The van der Waals surface area contributed by atoms with E-state index in [9.17, 15) is 4.79 Å². The van der Waals surface area contributed by atoms with Gasteiger partial charge in [-0.15, -0.1) is 0 Å². The van der Waals surface area contributed by atoms with Gasteiger partial charge in [0.05, 0.1) is 20.8 Å². The number of fused-ring (bicyclic) bond motifs is 1. The maximum absolute atomic E-state index is 12.4. The van der Waals surface area contributed by atoms with E-state index in [0.717, 1.165) is 42.3 Å². The van der Waals surface area contributed by atoms with Crippen molar-refractivity contribution in [3.8, 4) is 11.5 Å². The molecule has 2 aromatic carbocycles. The number of carbonyl (C=O) groups is 1. The van der Waals surface area contributed by atoms with Crippen LogP contribution in [0.15, 0.2) is 36.4 Å². The number of rotatable bonds is 5. The van der Waals surface area contributed by atoms with E-state index in [2.05, 4.69) is 10.2 Å². The van der Waals surface area contributed by atoms with Crippen molar-refractivity contribution in [2.75, 3.05) is 32.6 Å². The van der Waals surface area contributed by atoms with Gasteiger partial charge in [0.25, 0.3) is 0 Å². The zero-order valence-corrected chi connectivity index (χ0v) is 15.0. The zero-order chi connectivity index (χ0) is 17.8. The molecule has 2 aromatic rings. The Labute approximate surface area is 148 Å². The van der Waals surface area contributed by atoms with Crippen molar-refractivity contribution in [3.63, 3.8) is 0 Å². The highest BCUT2D eigenvalue weighted by atomic mass is 16.5. The molecule has 132 valence electrons. The van der Waals surface area contributed by atoms with Crippen molar-refractivity contribution in [1.82, 2.24) is 4.90 Å². The lowest BCUT2D eigenvalue weighted by molar-refractivity contribution is -0.117. The standard InChI is InChI=1S/C20H24N2O3/c1-14-6-4-5-7-17(14)21-20(23)13-22-9-8-15-10-18(24-2)19(25-3)11-16(15)12-22/h4-7,10-11H,8-9,12-13H2,1-3H3,(H,21,23). The molecule has 1 N–H and O–H groups in total. The highest BCUT2D eigenvalue weighted by Crippen LogP contribution is 2.33. The minimum absolute atomic E-state index is 0.0122. The molecule has 0 spiro atoms. The molecule has 1 aliphatic heterocycles. The van der Waals surface area contributed by atoms with E-state index in [0.29, 0.717) is 6.54 Å². The summed E-state index contributed by atoms with van der Waals surface area (Å²) < 4.78 is 10.8. The SMILES string of the molecule is COc1cc2c(cc1OC)CN(CC(=O)Nc1ccccc1C)CC2. The molecule has 1 amide bonds. The van der Waals surface area contributed by atoms with Crippen molar-refractivity contribution in [1.29, 1.82) is 0 Å². The fourth-order valence-electron chi connectivity index (χ4n) is 3.18. The Morgan fingerprint density at radius 1 is 1.12 bits per heavy atom. The van der Waals surface area contributed by atoms with Gasteiger partial charge < -0.3 is 14.8 Å². The van der Waals surface area contributed by atoms with E-state index in [-0.39, 0.29) is 5.91 Å². The van der Waals surface area contributed by atoms with Crippen molar-refractivity contribution in [2.24, 2.45) is 0 Å². The highest BCUT2D eigenvalue weighted by Gasteiger charge is 2.21. The van der Waals surface area contributed by atoms with Crippen LogP contribution >= 0.6 is 0 Å². The average molecular weight is 340 g/mol. The summed E-state index contributed by atoms with van der Waals surface area (Å²) in [4.78, 5) is 14.5. The smallest absolute Gasteiger partial charge is 0.238 e. The molecular weight excluding hydrogens is 316 g/mol. The number of hydrogen-bond acceptors (Lipinski definition) is 4. The van der Waals surface area contributed by atoms with E-state index in [1.807, 2.05) is 43.3 Å². The summed E-state index contributed by atoms with van der Waals surface area (Å²) in [6.07, 6.45) is 0.896. The number of nitrogens with zero attached hydrogens (tertiary/aromatic N) is 1. The lowest BCUT2D eigenvalue weighted by Crippen LogP contribution is -2.37. The maximum atomic E-state index is 12.4. The van der Waals surface area contributed by atoms with Crippen LogP contribution in [0.1, 0.15) is 16.7 Å². The Morgan fingerprint density at radius 2 is 1.80 bits per heavy atom. The first-order valence-electron chi connectivity index (χ1n) is 8.42. The van der Waals surface area contributed by atoms with Gasteiger partial charge in [0.2, 0.25) is 5.91 Å². The number of methoxy groups -OCH3 is 2. The van der Waals surface area contributed by atoms with Crippen LogP contribution < -0.4 is 14.8 Å². The third kappa shape index (κ3) is 3.94. The quantitative estimate of drug-likeness (QED) is 0.909. The van der Waals surface area contributed by atoms with E-state index in [1.165, 1.54) is 11.1 Å². The van der Waals surface area contributed by atoms with Gasteiger partial charge in [0.15, 0.2) is 11.5 Å². The van der Waals surface area contributed by atoms with Crippen LogP contribution in [-0.2, 0) is 17.8 Å². The number of aryl methyl sites for hydroxylation is 1. The lowest BCUT2D eigenvalue weighted by atomic mass is 9.99. The summed E-state index contributed by atoms with van der Waals surface area (Å²) in [7, 11) is 3.29. The molecule has 0 unspecified atom stereocenters. The predicted octanol–water partition coefficient (Wildman–Crippen LogP) is 3.01. The summed E-state index contributed by atoms with van der Waals surface area (Å²) in [5.41, 5.74) is 4.38. The Hall–Kier alpha value is -2.53. The third-order valence-electron chi connectivity index (χ3n) is 4.58. The van der Waals surface area contributed by atoms with Crippen LogP contribution in [0.2, 0.25) is 0 Å². The van der Waals surface area contributed by atoms with Crippen LogP contribution in [0.3, 0.4) is 0 Å². The first-order chi connectivity index (χ1) is 12.1. The first-order valence-corrected chi connectivity index (χ1v) is 8.42. The second kappa shape index (κ2) is 7.57. The van der Waals surface area contributed by atoms with E-state index in [4.69, 9.17) is 9.47 Å². The molecule has 0 bridgehead atoms. The molecular formula is C20H24N2O3. The summed E-state index contributed by atoms with van der Waals surface area (Å²) in [6.45, 7) is 3.95. The largest absolute Gasteiger partial charge is 0.493 e. The third-order valence-corrected chi connectivity index (χ3v) is 4.58. The van der Waals surface area contributed by atoms with Crippen molar-refractivity contribution < 1.29 is 14.3 Å². The molecule has 0 saturated heterocycles. The number of ether oxygens (including phenoxy) is 2. The second-order valence-corrected chi connectivity index (χ2v) is 6.30. The molecule has 5 nitrogen and oxygen atoms in total. The van der Waals surface area contributed by atoms with E-state index < -0.39 is 0 Å². The number of nitrogens with one attached hydrogen (secondary N) is 1. The minimum Gasteiger partial charge on any atom is -0.493 e. The fourth-order valence-corrected chi connectivity index (χ4v) is 3.18. The molecule has 0 saturated carbocycles. The Morgan fingerprint density at radius 3 is 2.48 bits per heavy atom. The number of carbonyl (C=O) groups excluding carboxylic acids is 1. The highest BCUT2D eigenvalue weighted by molar-refractivity contribution is 5.92. The molecule has 1 aliphatic rings. The van der Waals surface area contributed by atoms with Gasteiger partial charge in [-0.3, -0.25) is 9.69 Å². The number of hydrogen-bond donors (Lipinski definition) is 1. The van der Waals surface area contributed by atoms with Crippen LogP contribution in [0.25, 0.3) is 0 Å². The summed E-state index contributed by atoms with van der Waals surface area (Å²) in [5, 5.41) is 3.00. The average Bonchev–Trinajstić information content (AvgIpc) is 2.62.